The van der Waals surface area contributed by atoms with Gasteiger partial charge in [-0.25, -0.2) is 9.97 Å². The number of aromatic nitrogens is 8. The number of carbonyl (C=O) groups excluding carboxylic acids is 4. The van der Waals surface area contributed by atoms with Gasteiger partial charge in [-0.1, -0.05) is 60.9 Å². The van der Waals surface area contributed by atoms with Crippen molar-refractivity contribution in [2.45, 2.75) is 41.0 Å². The van der Waals surface area contributed by atoms with Gasteiger partial charge in [0.15, 0.2) is 39.6 Å². The molecule has 20 heterocycles. The van der Waals surface area contributed by atoms with Crippen molar-refractivity contribution >= 4 is 185 Å². The number of allylic oxidation sites excluding steroid dienone is 2. The fourth-order valence-electron chi connectivity index (χ4n) is 14.0. The third kappa shape index (κ3) is 27.0. The number of hydrogen-bond donors (Lipinski definition) is 2. The molecule has 0 saturated heterocycles. The van der Waals surface area contributed by atoms with E-state index in [-0.39, 0.29) is 56.1 Å². The van der Waals surface area contributed by atoms with E-state index in [1.807, 2.05) is 72.1 Å². The summed E-state index contributed by atoms with van der Waals surface area (Å²) in [6.45, 7) is 14.8. The third-order valence-corrected chi connectivity index (χ3v) is 30.6. The Morgan fingerprint density at radius 1 is 0.406 bits per heavy atom. The van der Waals surface area contributed by atoms with E-state index in [2.05, 4.69) is 128 Å². The maximum atomic E-state index is 11.2. The molecule has 0 fully saturated rings. The predicted octanol–water partition coefficient (Wildman–Crippen LogP) is 27.2. The number of pyridine rings is 8. The van der Waals surface area contributed by atoms with Crippen molar-refractivity contribution in [1.82, 2.24) is 39.9 Å². The van der Waals surface area contributed by atoms with Crippen LogP contribution < -0.4 is 52.1 Å². The summed E-state index contributed by atoms with van der Waals surface area (Å²) in [6, 6.07) is 49.2. The number of nitrogens with zero attached hydrogens (tertiary/aromatic N) is 10. The Kier molecular flexibility index (Phi) is 38.6. The molecule has 4 N–H and O–H groups in total. The standard InChI is InChI=1S/C31H19N3O6S3.C31H21N3O4S3.C21H18N3O4S2.C16H18N3OS.2CNS.2Ru/c35-16-39-19-6-8-33-22(13-19)24-15-20(40-17-36)14-23(34-24)21-12-18(5-7-32-21)25-3-4-27(42-25)31-29-28(37-9-10-38-29)30(43-31)26-2-1-11-41-26;1-18-9-30(39-15-18)27-3-4-28(40-27)31-19(2)10-29(41-31)20-5-7-32-23(11-20)25-13-22(38-17-36)14-26(34-25)24-12-21(37-16-35)6-8-33-24;1-11(22)8-13(23)14-9-12(2-3-24-14)19-17-18(28-7-6-27-17)21(30-19)20-16-15(10-29-20)25-4-5-26-16;1-3-8-20-16-5-4-15(21-16)12-6-7-19-14(10-12)13(18)9-11(2)17;2*2-1-3;;/h1-8,11-17H,9-10H2;3-17H,1-2H3;2-3,8-10,22-23H,4-7H2,1H3;4-7,9-10,17-18H,3,8H2,1-2H3;;;;/q;;4*-1;2*+2/b;;13-8-,22-11?;13-9-,17-11?;;;;. The van der Waals surface area contributed by atoms with Gasteiger partial charge in [-0.15, -0.1) is 102 Å². The minimum atomic E-state index is 0. The molecular weight excluding hydrogens is 2200 g/mol. The molecule has 0 saturated carbocycles. The normalized spacial score (nSPS) is 11.7. The van der Waals surface area contributed by atoms with Gasteiger partial charge in [-0.05, 0) is 194 Å². The molecular formula is C101H76N14O15Ru2S11. The fourth-order valence-corrected chi connectivity index (χ4v) is 23.6. The second-order valence-corrected chi connectivity index (χ2v) is 39.1. The van der Waals surface area contributed by atoms with Gasteiger partial charge in [0.1, 0.15) is 62.6 Å². The quantitative estimate of drug-likeness (QED) is 0.0199. The maximum absolute atomic E-state index is 11.2. The molecule has 3 aliphatic rings. The summed E-state index contributed by atoms with van der Waals surface area (Å²) in [6.07, 6.45) is 13.8. The molecule has 0 radical (unpaired) electrons. The number of isothiocyanates is 2. The van der Waals surface area contributed by atoms with Crippen molar-refractivity contribution in [2.75, 3.05) is 46.2 Å². The second-order valence-electron chi connectivity index (χ2n) is 29.7. The van der Waals surface area contributed by atoms with E-state index in [0.29, 0.717) is 157 Å². The molecule has 0 atom stereocenters. The Bertz CT molecular complexity index is 7550. The van der Waals surface area contributed by atoms with Crippen LogP contribution in [-0.2, 0) is 58.1 Å². The molecule has 0 aromatic carbocycles. The number of thiocarbonyl (C=S) groups is 2. The Balaban J connectivity index is 0.000000161. The molecule has 722 valence electrons. The van der Waals surface area contributed by atoms with Crippen LogP contribution in [0.3, 0.4) is 0 Å². The Morgan fingerprint density at radius 3 is 1.34 bits per heavy atom. The van der Waals surface area contributed by atoms with Crippen LogP contribution in [0.15, 0.2) is 223 Å². The summed E-state index contributed by atoms with van der Waals surface area (Å²) in [5, 5.41) is 39.1. The number of rotatable bonds is 28. The molecule has 3 aliphatic heterocycles. The average Bonchev–Trinajstić information content (AvgIpc) is 1.61. The zero-order valence-corrected chi connectivity index (χ0v) is 88.1. The predicted molar refractivity (Wildman–Crippen MR) is 568 cm³/mol. The van der Waals surface area contributed by atoms with Gasteiger partial charge in [-0.3, -0.25) is 49.1 Å². The third-order valence-electron chi connectivity index (χ3n) is 19.9. The van der Waals surface area contributed by atoms with Gasteiger partial charge >= 0.3 is 39.0 Å². The average molecular weight is 2280 g/mol. The van der Waals surface area contributed by atoms with E-state index >= 15 is 0 Å². The number of carbonyl (C=O) groups is 4. The second kappa shape index (κ2) is 51.8. The van der Waals surface area contributed by atoms with E-state index in [0.717, 1.165) is 118 Å². The van der Waals surface area contributed by atoms with Crippen molar-refractivity contribution in [3.8, 4) is 199 Å². The molecule has 20 rings (SSSR count). The monoisotopic (exact) mass is 2280 g/mol. The molecule has 0 aliphatic carbocycles. The smallest absolute Gasteiger partial charge is 0.753 e. The van der Waals surface area contributed by atoms with Crippen LogP contribution in [0.1, 0.15) is 49.7 Å². The van der Waals surface area contributed by atoms with Crippen LogP contribution in [0.4, 0.5) is 0 Å². The topological polar surface area (TPSA) is 413 Å². The molecule has 17 aromatic heterocycles. The molecule has 42 heteroatoms. The minimum Gasteiger partial charge on any atom is -0.753 e. The molecule has 0 unspecified atom stereocenters. The summed E-state index contributed by atoms with van der Waals surface area (Å²) in [4.78, 5) is 95.1. The first-order chi connectivity index (χ1) is 68.7. The van der Waals surface area contributed by atoms with Gasteiger partial charge < -0.3 is 85.2 Å². The van der Waals surface area contributed by atoms with E-state index < -0.39 is 0 Å². The maximum Gasteiger partial charge on any atom is 2.00 e. The first-order valence-corrected chi connectivity index (χ1v) is 50.7. The van der Waals surface area contributed by atoms with Gasteiger partial charge in [0, 0.05) is 146 Å². The summed E-state index contributed by atoms with van der Waals surface area (Å²) < 4.78 is 61.6. The van der Waals surface area contributed by atoms with Crippen molar-refractivity contribution in [2.24, 2.45) is 0 Å². The van der Waals surface area contributed by atoms with Crippen LogP contribution in [0.2, 0.25) is 0 Å². The SMILES string of the molecule is CC(=N)/C=C(\[NH-])c1cc(-c2sc(-c3scc4c3OCCO4)c3c2OCCO3)ccn1.CCCOc1ccc(-c2ccnc(/C([NH-])=C/C(C)=N)c2)s1.Cc1csc(-c2ccc(-c3sc(-c4ccnc(-c5cc(OC=O)cc(-c6cc(OC=O)ccn6)n5)c4)cc3C)s2)c1.O=COc1ccnc(-c2cc(OC=O)cc(-c3cc(-c4ccc(-c5sc(-c6cccs6)c6c5OCCO6)s4)ccn3)n2)c1.[N-]=C=S.[N-]=C=S.[Ru+2].[Ru+2]. The van der Waals surface area contributed by atoms with E-state index in [4.69, 9.17) is 95.2 Å². The molecule has 0 bridgehead atoms. The summed E-state index contributed by atoms with van der Waals surface area (Å²) >= 11 is 22.4. The molecule has 0 spiro atoms. The Labute approximate surface area is 891 Å². The molecule has 17 aromatic rings. The largest absolute Gasteiger partial charge is 2.00 e. The van der Waals surface area contributed by atoms with E-state index in [1.54, 1.807) is 189 Å². The fraction of sp³-hybridized carbons (Fsp3) is 0.129. The number of aryl methyl sites for hydroxylation is 2. The minimum absolute atomic E-state index is 0. The zero-order valence-electron chi connectivity index (χ0n) is 75.6. The number of ether oxygens (including phenoxy) is 11. The van der Waals surface area contributed by atoms with Gasteiger partial charge in [0.25, 0.3) is 25.9 Å². The van der Waals surface area contributed by atoms with E-state index in [1.165, 1.54) is 65.5 Å². The van der Waals surface area contributed by atoms with Gasteiger partial charge in [0.2, 0.25) is 0 Å². The molecule has 29 nitrogen and oxygen atoms in total. The summed E-state index contributed by atoms with van der Waals surface area (Å²) in [7, 11) is 0. The Morgan fingerprint density at radius 2 is 0.825 bits per heavy atom. The van der Waals surface area contributed by atoms with Crippen LogP contribution in [0.5, 0.6) is 62.6 Å². The Hall–Kier alpha value is -13.8. The summed E-state index contributed by atoms with van der Waals surface area (Å²) in [5.41, 5.74) is 28.6. The molecule has 143 heavy (non-hydrogen) atoms. The van der Waals surface area contributed by atoms with Crippen molar-refractivity contribution in [3.05, 3.63) is 268 Å². The molecule has 0 amide bonds. The summed E-state index contributed by atoms with van der Waals surface area (Å²) in [5.74, 6) is 5.74. The zero-order chi connectivity index (χ0) is 98.8. The van der Waals surface area contributed by atoms with Crippen molar-refractivity contribution in [1.29, 1.82) is 10.8 Å². The first kappa shape index (κ1) is 107. The van der Waals surface area contributed by atoms with Crippen LogP contribution in [0.25, 0.3) is 170 Å². The van der Waals surface area contributed by atoms with Crippen molar-refractivity contribution < 1.29 is 110 Å². The van der Waals surface area contributed by atoms with Crippen LogP contribution in [0, 0.1) is 24.7 Å². The number of hydrogen-bond acceptors (Lipinski definition) is 36. The number of thiophene rings is 9. The van der Waals surface area contributed by atoms with Crippen LogP contribution >= 0.6 is 126 Å². The van der Waals surface area contributed by atoms with E-state index in [9.17, 15) is 19.2 Å². The first-order valence-electron chi connectivity index (χ1n) is 42.3. The van der Waals surface area contributed by atoms with Gasteiger partial charge in [-0.2, -0.15) is 10.3 Å². The number of fused-ring (bicyclic) bond motifs is 3. The van der Waals surface area contributed by atoms with Gasteiger partial charge in [0.05, 0.1) is 76.5 Å². The van der Waals surface area contributed by atoms with Crippen molar-refractivity contribution in [3.63, 3.8) is 0 Å². The number of nitrogens with one attached hydrogen (secondary N) is 4. The van der Waals surface area contributed by atoms with Crippen LogP contribution in [-0.4, -0.2) is 134 Å².